The highest BCUT2D eigenvalue weighted by Gasteiger charge is 2.52. The highest BCUT2D eigenvalue weighted by molar-refractivity contribution is 6.62. The van der Waals surface area contributed by atoms with E-state index in [1.165, 1.54) is 6.07 Å². The van der Waals surface area contributed by atoms with Crippen LogP contribution in [0.4, 0.5) is 13.2 Å². The van der Waals surface area contributed by atoms with Gasteiger partial charge in [0.1, 0.15) is 0 Å². The van der Waals surface area contributed by atoms with E-state index in [2.05, 4.69) is 5.32 Å². The summed E-state index contributed by atoms with van der Waals surface area (Å²) in [5.74, 6) is 0.129. The molecule has 0 saturated carbocycles. The predicted octanol–water partition coefficient (Wildman–Crippen LogP) is 3.47. The SMILES string of the molecule is CC1(C)OB(c2cc(C3CCNCC3)cc(C(F)(F)F)c2)OC1(C)C. The molecule has 0 unspecified atom stereocenters. The Hall–Kier alpha value is -1.05. The van der Waals surface area contributed by atoms with Crippen molar-refractivity contribution < 1.29 is 22.5 Å². The van der Waals surface area contributed by atoms with Crippen LogP contribution in [0.3, 0.4) is 0 Å². The fraction of sp³-hybridized carbons (Fsp3) is 0.667. The quantitative estimate of drug-likeness (QED) is 0.825. The van der Waals surface area contributed by atoms with Gasteiger partial charge in [0.15, 0.2) is 0 Å². The van der Waals surface area contributed by atoms with Gasteiger partial charge in [0.25, 0.3) is 0 Å². The van der Waals surface area contributed by atoms with E-state index in [9.17, 15) is 13.2 Å². The lowest BCUT2D eigenvalue weighted by atomic mass is 9.75. The Bertz CT molecular complexity index is 624. The van der Waals surface area contributed by atoms with Crippen LogP contribution in [-0.4, -0.2) is 31.4 Å². The maximum Gasteiger partial charge on any atom is 0.494 e. The molecule has 2 aliphatic heterocycles. The van der Waals surface area contributed by atoms with Crippen LogP contribution in [0.25, 0.3) is 0 Å². The van der Waals surface area contributed by atoms with Gasteiger partial charge in [0.2, 0.25) is 0 Å². The highest BCUT2D eigenvalue weighted by atomic mass is 19.4. The molecule has 2 saturated heterocycles. The van der Waals surface area contributed by atoms with E-state index in [4.69, 9.17) is 9.31 Å². The smallest absolute Gasteiger partial charge is 0.399 e. The van der Waals surface area contributed by atoms with E-state index < -0.39 is 30.1 Å². The number of halogens is 3. The summed E-state index contributed by atoms with van der Waals surface area (Å²) in [4.78, 5) is 0. The van der Waals surface area contributed by atoms with Crippen LogP contribution in [0.15, 0.2) is 18.2 Å². The van der Waals surface area contributed by atoms with Crippen molar-refractivity contribution in [2.45, 2.75) is 63.8 Å². The lowest BCUT2D eigenvalue weighted by Crippen LogP contribution is -2.41. The molecular weight excluding hydrogens is 330 g/mol. The zero-order valence-electron chi connectivity index (χ0n) is 15.2. The van der Waals surface area contributed by atoms with Crippen LogP contribution in [-0.2, 0) is 15.5 Å². The van der Waals surface area contributed by atoms with Crippen molar-refractivity contribution in [2.75, 3.05) is 13.1 Å². The molecule has 2 fully saturated rings. The Balaban J connectivity index is 1.98. The summed E-state index contributed by atoms with van der Waals surface area (Å²) in [6.45, 7) is 9.24. The summed E-state index contributed by atoms with van der Waals surface area (Å²) >= 11 is 0. The van der Waals surface area contributed by atoms with E-state index in [0.717, 1.165) is 37.6 Å². The zero-order valence-corrected chi connectivity index (χ0v) is 15.2. The first-order valence-electron chi connectivity index (χ1n) is 8.78. The zero-order chi connectivity index (χ0) is 18.5. The van der Waals surface area contributed by atoms with Crippen LogP contribution in [0, 0.1) is 0 Å². The maximum absolute atomic E-state index is 13.4. The second-order valence-electron chi connectivity index (χ2n) is 8.00. The van der Waals surface area contributed by atoms with E-state index in [-0.39, 0.29) is 5.92 Å². The molecular formula is C18H25BF3NO2. The molecule has 1 aromatic carbocycles. The summed E-state index contributed by atoms with van der Waals surface area (Å²) in [6, 6.07) is 4.27. The molecule has 0 aliphatic carbocycles. The fourth-order valence-electron chi connectivity index (χ4n) is 3.35. The molecule has 0 amide bonds. The first-order chi connectivity index (χ1) is 11.5. The summed E-state index contributed by atoms with van der Waals surface area (Å²) in [7, 11) is -0.784. The molecule has 0 atom stereocenters. The number of nitrogens with one attached hydrogen (secondary N) is 1. The molecule has 0 radical (unpaired) electrons. The van der Waals surface area contributed by atoms with Crippen molar-refractivity contribution in [1.82, 2.24) is 5.32 Å². The van der Waals surface area contributed by atoms with Gasteiger partial charge in [-0.25, -0.2) is 0 Å². The molecule has 25 heavy (non-hydrogen) atoms. The van der Waals surface area contributed by atoms with E-state index in [1.807, 2.05) is 33.8 Å². The van der Waals surface area contributed by atoms with Gasteiger partial charge < -0.3 is 14.6 Å². The van der Waals surface area contributed by atoms with Gasteiger partial charge in [-0.15, -0.1) is 0 Å². The Morgan fingerprint density at radius 2 is 1.56 bits per heavy atom. The van der Waals surface area contributed by atoms with Gasteiger partial charge in [-0.3, -0.25) is 0 Å². The summed E-state index contributed by atoms with van der Waals surface area (Å²) in [5.41, 5.74) is -0.627. The van der Waals surface area contributed by atoms with Crippen molar-refractivity contribution in [2.24, 2.45) is 0 Å². The summed E-state index contributed by atoms with van der Waals surface area (Å²) in [5, 5.41) is 3.25. The molecule has 1 N–H and O–H groups in total. The molecule has 2 heterocycles. The Kier molecular flexibility index (Phi) is 4.71. The van der Waals surface area contributed by atoms with Crippen LogP contribution >= 0.6 is 0 Å². The van der Waals surface area contributed by atoms with Crippen molar-refractivity contribution in [1.29, 1.82) is 0 Å². The molecule has 2 aliphatic rings. The van der Waals surface area contributed by atoms with Gasteiger partial charge in [-0.2, -0.15) is 13.2 Å². The lowest BCUT2D eigenvalue weighted by molar-refractivity contribution is -0.137. The average molecular weight is 355 g/mol. The van der Waals surface area contributed by atoms with Crippen LogP contribution in [0.5, 0.6) is 0 Å². The third kappa shape index (κ3) is 3.73. The third-order valence-electron chi connectivity index (χ3n) is 5.64. The van der Waals surface area contributed by atoms with Crippen LogP contribution in [0.1, 0.15) is 57.6 Å². The average Bonchev–Trinajstić information content (AvgIpc) is 2.75. The minimum atomic E-state index is -4.39. The Morgan fingerprint density at radius 3 is 2.08 bits per heavy atom. The normalized spacial score (nSPS) is 23.9. The molecule has 3 nitrogen and oxygen atoms in total. The largest absolute Gasteiger partial charge is 0.494 e. The number of benzene rings is 1. The number of hydrogen-bond acceptors (Lipinski definition) is 3. The van der Waals surface area contributed by atoms with Gasteiger partial charge in [0, 0.05) is 0 Å². The van der Waals surface area contributed by atoms with Gasteiger partial charge in [0.05, 0.1) is 16.8 Å². The van der Waals surface area contributed by atoms with Crippen molar-refractivity contribution in [3.05, 3.63) is 29.3 Å². The van der Waals surface area contributed by atoms with E-state index in [0.29, 0.717) is 5.46 Å². The first kappa shape index (κ1) is 18.7. The molecule has 7 heteroatoms. The van der Waals surface area contributed by atoms with E-state index in [1.54, 1.807) is 0 Å². The predicted molar refractivity (Wildman–Crippen MR) is 92.0 cm³/mol. The fourth-order valence-corrected chi connectivity index (χ4v) is 3.35. The summed E-state index contributed by atoms with van der Waals surface area (Å²) in [6.07, 6.45) is -2.71. The first-order valence-corrected chi connectivity index (χ1v) is 8.78. The molecule has 138 valence electrons. The minimum absolute atomic E-state index is 0.129. The summed E-state index contributed by atoms with van der Waals surface area (Å²) < 4.78 is 52.2. The van der Waals surface area contributed by atoms with Crippen LogP contribution in [0.2, 0.25) is 0 Å². The molecule has 3 rings (SSSR count). The second kappa shape index (κ2) is 6.29. The topological polar surface area (TPSA) is 30.5 Å². The van der Waals surface area contributed by atoms with Crippen LogP contribution < -0.4 is 10.8 Å². The lowest BCUT2D eigenvalue weighted by Gasteiger charge is -2.32. The van der Waals surface area contributed by atoms with Gasteiger partial charge in [-0.1, -0.05) is 12.1 Å². The van der Waals surface area contributed by atoms with Crippen molar-refractivity contribution >= 4 is 12.6 Å². The molecule has 0 spiro atoms. The standard InChI is InChI=1S/C18H25BF3NO2/c1-16(2)17(3,4)25-19(24-16)15-10-13(12-5-7-23-8-6-12)9-14(11-15)18(20,21)22/h9-12,23H,5-8H2,1-4H3. The number of rotatable bonds is 2. The van der Waals surface area contributed by atoms with Gasteiger partial charge >= 0.3 is 13.3 Å². The maximum atomic E-state index is 13.4. The van der Waals surface area contributed by atoms with Crippen molar-refractivity contribution in [3.63, 3.8) is 0 Å². The Labute approximate surface area is 147 Å². The Morgan fingerprint density at radius 1 is 1.00 bits per heavy atom. The molecule has 1 aromatic rings. The third-order valence-corrected chi connectivity index (χ3v) is 5.64. The highest BCUT2D eigenvalue weighted by Crippen LogP contribution is 2.38. The van der Waals surface area contributed by atoms with E-state index >= 15 is 0 Å². The number of alkyl halides is 3. The van der Waals surface area contributed by atoms with Crippen molar-refractivity contribution in [3.8, 4) is 0 Å². The number of piperidine rings is 1. The molecule has 0 bridgehead atoms. The monoisotopic (exact) mass is 355 g/mol. The number of hydrogen-bond donors (Lipinski definition) is 1. The van der Waals surface area contributed by atoms with Gasteiger partial charge in [-0.05, 0) is 76.6 Å². The second-order valence-corrected chi connectivity index (χ2v) is 8.00. The molecule has 0 aromatic heterocycles. The minimum Gasteiger partial charge on any atom is -0.399 e.